The number of nitro groups is 1. The molecule has 4 nitrogen and oxygen atoms in total. The Morgan fingerprint density at radius 1 is 0.793 bits per heavy atom. The molecule has 0 atom stereocenters. The maximum atomic E-state index is 10.8. The molecule has 146 valence electrons. The molecule has 4 heteroatoms. The summed E-state index contributed by atoms with van der Waals surface area (Å²) in [4.78, 5) is 12.9. The number of rotatable bonds is 5. The first-order valence-corrected chi connectivity index (χ1v) is 9.99. The molecule has 0 bridgehead atoms. The number of likely N-dealkylation sites (tertiary alicyclic amines) is 1. The Morgan fingerprint density at radius 2 is 1.31 bits per heavy atom. The van der Waals surface area contributed by atoms with Gasteiger partial charge in [-0.25, -0.2) is 0 Å². The van der Waals surface area contributed by atoms with Crippen molar-refractivity contribution < 1.29 is 4.92 Å². The monoisotopic (exact) mass is 384 g/mol. The average molecular weight is 384 g/mol. The maximum Gasteiger partial charge on any atom is 0.269 e. The smallest absolute Gasteiger partial charge is 0.269 e. The number of hydrogen-bond donors (Lipinski definition) is 0. The van der Waals surface area contributed by atoms with Crippen LogP contribution in [-0.2, 0) is 6.54 Å². The van der Waals surface area contributed by atoms with E-state index in [1.165, 1.54) is 22.3 Å². The van der Waals surface area contributed by atoms with Crippen molar-refractivity contribution in [3.63, 3.8) is 0 Å². The molecule has 1 aliphatic heterocycles. The summed E-state index contributed by atoms with van der Waals surface area (Å²) in [7, 11) is 0. The molecule has 1 heterocycles. The minimum Gasteiger partial charge on any atom is -0.298 e. The van der Waals surface area contributed by atoms with Crippen molar-refractivity contribution >= 4 is 11.3 Å². The van der Waals surface area contributed by atoms with Gasteiger partial charge in [-0.1, -0.05) is 78.4 Å². The third-order valence-corrected chi connectivity index (χ3v) is 5.49. The van der Waals surface area contributed by atoms with E-state index < -0.39 is 0 Å². The third-order valence-electron chi connectivity index (χ3n) is 5.49. The van der Waals surface area contributed by atoms with E-state index in [1.807, 2.05) is 12.1 Å². The number of hydrogen-bond acceptors (Lipinski definition) is 3. The second kappa shape index (κ2) is 8.84. The molecule has 0 amide bonds. The van der Waals surface area contributed by atoms with Crippen LogP contribution in [0.2, 0.25) is 0 Å². The Labute approximate surface area is 171 Å². The molecule has 3 aromatic rings. The zero-order valence-electron chi connectivity index (χ0n) is 16.3. The second-order valence-electron chi connectivity index (χ2n) is 7.41. The van der Waals surface area contributed by atoms with E-state index in [-0.39, 0.29) is 10.6 Å². The number of piperidine rings is 1. The van der Waals surface area contributed by atoms with E-state index >= 15 is 0 Å². The molecule has 0 N–H and O–H groups in total. The average Bonchev–Trinajstić information content (AvgIpc) is 2.77. The highest BCUT2D eigenvalue weighted by atomic mass is 16.6. The molecule has 4 rings (SSSR count). The van der Waals surface area contributed by atoms with Crippen LogP contribution in [0.4, 0.5) is 5.69 Å². The Bertz CT molecular complexity index is 945. The Morgan fingerprint density at radius 3 is 1.79 bits per heavy atom. The van der Waals surface area contributed by atoms with Crippen LogP contribution >= 0.6 is 0 Å². The molecule has 3 aromatic carbocycles. The first kappa shape index (κ1) is 19.1. The van der Waals surface area contributed by atoms with Crippen molar-refractivity contribution in [1.29, 1.82) is 0 Å². The van der Waals surface area contributed by atoms with E-state index in [9.17, 15) is 10.1 Å². The van der Waals surface area contributed by atoms with E-state index in [1.54, 1.807) is 12.1 Å². The predicted molar refractivity (Wildman–Crippen MR) is 117 cm³/mol. The highest BCUT2D eigenvalue weighted by Crippen LogP contribution is 2.32. The lowest BCUT2D eigenvalue weighted by Gasteiger charge is -2.30. The second-order valence-corrected chi connectivity index (χ2v) is 7.41. The topological polar surface area (TPSA) is 46.4 Å². The summed E-state index contributed by atoms with van der Waals surface area (Å²) in [6, 6.07) is 28.2. The Balaban J connectivity index is 1.51. The fourth-order valence-electron chi connectivity index (χ4n) is 4.00. The quantitative estimate of drug-likeness (QED) is 0.419. The molecule has 0 saturated carbocycles. The van der Waals surface area contributed by atoms with E-state index in [0.717, 1.165) is 38.0 Å². The molecular weight excluding hydrogens is 360 g/mol. The van der Waals surface area contributed by atoms with Gasteiger partial charge in [-0.05, 0) is 35.1 Å². The SMILES string of the molecule is O=[N+]([O-])c1ccc(CN2CCC(=C(c3ccccc3)c3ccccc3)CC2)cc1. The number of benzene rings is 3. The molecule has 0 unspecified atom stereocenters. The molecule has 1 saturated heterocycles. The minimum atomic E-state index is -0.351. The van der Waals surface area contributed by atoms with Crippen molar-refractivity contribution in [2.24, 2.45) is 0 Å². The van der Waals surface area contributed by atoms with Crippen LogP contribution in [0.5, 0.6) is 0 Å². The van der Waals surface area contributed by atoms with Gasteiger partial charge in [0.05, 0.1) is 4.92 Å². The predicted octanol–water partition coefficient (Wildman–Crippen LogP) is 5.69. The summed E-state index contributed by atoms with van der Waals surface area (Å²) in [6.07, 6.45) is 2.07. The number of nitro benzene ring substituents is 1. The van der Waals surface area contributed by atoms with E-state index in [4.69, 9.17) is 0 Å². The lowest BCUT2D eigenvalue weighted by atomic mass is 9.88. The highest BCUT2D eigenvalue weighted by molar-refractivity contribution is 5.82. The number of non-ortho nitro benzene ring substituents is 1. The zero-order valence-corrected chi connectivity index (χ0v) is 16.3. The van der Waals surface area contributed by atoms with Crippen LogP contribution in [0.1, 0.15) is 29.5 Å². The standard InChI is InChI=1S/C25H24N2O2/c28-27(29)24-13-11-20(12-14-24)19-26-17-15-23(16-18-26)25(21-7-3-1-4-8-21)22-9-5-2-6-10-22/h1-14H,15-19H2. The van der Waals surface area contributed by atoms with Crippen LogP contribution in [0.15, 0.2) is 90.5 Å². The highest BCUT2D eigenvalue weighted by Gasteiger charge is 2.19. The summed E-state index contributed by atoms with van der Waals surface area (Å²) in [5.74, 6) is 0. The molecule has 0 aliphatic carbocycles. The first-order valence-electron chi connectivity index (χ1n) is 9.99. The van der Waals surface area contributed by atoms with Gasteiger partial charge < -0.3 is 0 Å². The number of nitrogens with zero attached hydrogens (tertiary/aromatic N) is 2. The van der Waals surface area contributed by atoms with Gasteiger partial charge in [-0.3, -0.25) is 15.0 Å². The molecule has 1 fully saturated rings. The van der Waals surface area contributed by atoms with Gasteiger partial charge in [0.15, 0.2) is 0 Å². The normalized spacial score (nSPS) is 14.6. The van der Waals surface area contributed by atoms with Crippen molar-refractivity contribution in [1.82, 2.24) is 4.90 Å². The van der Waals surface area contributed by atoms with E-state index in [0.29, 0.717) is 0 Å². The minimum absolute atomic E-state index is 0.146. The molecule has 0 spiro atoms. The van der Waals surface area contributed by atoms with Crippen LogP contribution in [0.25, 0.3) is 5.57 Å². The van der Waals surface area contributed by atoms with Gasteiger partial charge in [-0.2, -0.15) is 0 Å². The van der Waals surface area contributed by atoms with Gasteiger partial charge in [0.25, 0.3) is 5.69 Å². The molecule has 0 aromatic heterocycles. The maximum absolute atomic E-state index is 10.8. The third kappa shape index (κ3) is 4.61. The van der Waals surface area contributed by atoms with Crippen LogP contribution in [0.3, 0.4) is 0 Å². The van der Waals surface area contributed by atoms with Crippen LogP contribution < -0.4 is 0 Å². The summed E-state index contributed by atoms with van der Waals surface area (Å²) in [6.45, 7) is 2.82. The lowest BCUT2D eigenvalue weighted by molar-refractivity contribution is -0.384. The fraction of sp³-hybridized carbons (Fsp3) is 0.200. The summed E-state index contributed by atoms with van der Waals surface area (Å²) < 4.78 is 0. The molecule has 0 radical (unpaired) electrons. The van der Waals surface area contributed by atoms with Crippen molar-refractivity contribution in [2.45, 2.75) is 19.4 Å². The van der Waals surface area contributed by atoms with Gasteiger partial charge >= 0.3 is 0 Å². The van der Waals surface area contributed by atoms with Gasteiger partial charge in [0, 0.05) is 31.8 Å². The van der Waals surface area contributed by atoms with Crippen LogP contribution in [-0.4, -0.2) is 22.9 Å². The Kier molecular flexibility index (Phi) is 5.82. The van der Waals surface area contributed by atoms with Crippen molar-refractivity contribution in [2.75, 3.05) is 13.1 Å². The van der Waals surface area contributed by atoms with Crippen LogP contribution in [0, 0.1) is 10.1 Å². The Hall–Kier alpha value is -3.24. The van der Waals surface area contributed by atoms with E-state index in [2.05, 4.69) is 65.6 Å². The largest absolute Gasteiger partial charge is 0.298 e. The fourth-order valence-corrected chi connectivity index (χ4v) is 4.00. The van der Waals surface area contributed by atoms with Crippen molar-refractivity contribution in [3.8, 4) is 0 Å². The lowest BCUT2D eigenvalue weighted by Crippen LogP contribution is -2.30. The summed E-state index contributed by atoms with van der Waals surface area (Å²) >= 11 is 0. The molecule has 1 aliphatic rings. The zero-order chi connectivity index (χ0) is 20.1. The van der Waals surface area contributed by atoms with Crippen molar-refractivity contribution in [3.05, 3.63) is 117 Å². The first-order chi connectivity index (χ1) is 14.2. The molecular formula is C25H24N2O2. The van der Waals surface area contributed by atoms with Gasteiger partial charge in [0.1, 0.15) is 0 Å². The van der Waals surface area contributed by atoms with Gasteiger partial charge in [0.2, 0.25) is 0 Å². The molecule has 29 heavy (non-hydrogen) atoms. The van der Waals surface area contributed by atoms with Gasteiger partial charge in [-0.15, -0.1) is 0 Å². The summed E-state index contributed by atoms with van der Waals surface area (Å²) in [5.41, 5.74) is 6.68. The summed E-state index contributed by atoms with van der Waals surface area (Å²) in [5, 5.41) is 10.8.